The normalized spacial score (nSPS) is 19.8. The molecule has 4 aliphatic rings. The van der Waals surface area contributed by atoms with E-state index >= 15 is 0 Å². The lowest BCUT2D eigenvalue weighted by molar-refractivity contribution is -0.137. The Hall–Kier alpha value is -5.99. The minimum atomic E-state index is -0.356. The van der Waals surface area contributed by atoms with Crippen LogP contribution in [-0.2, 0) is 19.1 Å². The van der Waals surface area contributed by atoms with Crippen LogP contribution in [0.15, 0.2) is 55.0 Å². The molecule has 292 valence electrons. The van der Waals surface area contributed by atoms with Gasteiger partial charge in [0.2, 0.25) is 22.9 Å². The molecule has 2 N–H and O–H groups in total. The maximum Gasteiger partial charge on any atom is 0.234 e. The van der Waals surface area contributed by atoms with Gasteiger partial charge in [-0.05, 0) is 74.1 Å². The number of carbonyl (C=O) groups excluding carboxylic acids is 3. The number of aromatic nitrogens is 6. The van der Waals surface area contributed by atoms with Crippen LogP contribution in [-0.4, -0.2) is 111 Å². The maximum absolute atomic E-state index is 13.7. The molecule has 16 nitrogen and oxygen atoms in total. The molecule has 0 aromatic carbocycles. The van der Waals surface area contributed by atoms with Crippen LogP contribution < -0.4 is 20.4 Å². The van der Waals surface area contributed by atoms with Crippen LogP contribution in [0.4, 0.5) is 16.6 Å². The minimum absolute atomic E-state index is 0.0491. The van der Waals surface area contributed by atoms with Crippen LogP contribution in [0.5, 0.6) is 0 Å². The molecule has 9 heterocycles. The lowest BCUT2D eigenvalue weighted by Crippen LogP contribution is -2.51. The van der Waals surface area contributed by atoms with Gasteiger partial charge >= 0.3 is 0 Å². The lowest BCUT2D eigenvalue weighted by Gasteiger charge is -2.38. The number of ether oxygens (including phenoxy) is 1. The first-order valence-corrected chi connectivity index (χ1v) is 20.4. The number of rotatable bonds is 8. The quantitative estimate of drug-likeness (QED) is 0.216. The fraction of sp³-hybridized carbons (Fsp3) is 0.425. The molecule has 57 heavy (non-hydrogen) atoms. The fourth-order valence-corrected chi connectivity index (χ4v) is 9.14. The van der Waals surface area contributed by atoms with Gasteiger partial charge in [0.15, 0.2) is 5.01 Å². The van der Waals surface area contributed by atoms with E-state index in [4.69, 9.17) is 9.72 Å². The number of amides is 3. The van der Waals surface area contributed by atoms with Crippen molar-refractivity contribution < 1.29 is 19.1 Å². The summed E-state index contributed by atoms with van der Waals surface area (Å²) in [6.07, 6.45) is 9.21. The smallest absolute Gasteiger partial charge is 0.234 e. The SMILES string of the molecule is N#Cc1cnn2c(-c3cc(NC4CCOCC4)c(-c4nnc(N5CCN(C(=O)C6CCN(c7cc([C@H]8CCC(=O)NC8=O)ccn7)CC6)CC5)s4)cn3)ccc2c1. The summed E-state index contributed by atoms with van der Waals surface area (Å²) in [5.41, 5.74) is 5.53. The summed E-state index contributed by atoms with van der Waals surface area (Å²) < 4.78 is 7.41. The predicted molar refractivity (Wildman–Crippen MR) is 213 cm³/mol. The number of fused-ring (bicyclic) bond motifs is 1. The molecule has 0 aliphatic carbocycles. The van der Waals surface area contributed by atoms with E-state index in [0.29, 0.717) is 70.9 Å². The van der Waals surface area contributed by atoms with Crippen molar-refractivity contribution in [1.82, 2.24) is 40.0 Å². The number of nitrogens with zero attached hydrogens (tertiary/aromatic N) is 10. The number of hydrogen-bond acceptors (Lipinski definition) is 14. The third-order valence-electron chi connectivity index (χ3n) is 11.5. The van der Waals surface area contributed by atoms with Gasteiger partial charge in [0.05, 0.1) is 40.1 Å². The number of piperazine rings is 1. The molecule has 4 fully saturated rings. The van der Waals surface area contributed by atoms with Gasteiger partial charge in [-0.15, -0.1) is 10.2 Å². The fourth-order valence-electron chi connectivity index (χ4n) is 8.22. The first kappa shape index (κ1) is 36.6. The molecule has 4 saturated heterocycles. The Bertz CT molecular complexity index is 2350. The van der Waals surface area contributed by atoms with E-state index in [1.54, 1.807) is 16.9 Å². The molecule has 3 amide bonds. The molecule has 4 aliphatic heterocycles. The zero-order valence-electron chi connectivity index (χ0n) is 31.3. The molecular weight excluding hydrogens is 745 g/mol. The van der Waals surface area contributed by atoms with Gasteiger partial charge in [-0.3, -0.25) is 24.7 Å². The number of pyridine rings is 2. The van der Waals surface area contributed by atoms with Gasteiger partial charge < -0.3 is 24.8 Å². The van der Waals surface area contributed by atoms with Gasteiger partial charge in [-0.2, -0.15) is 10.4 Å². The van der Waals surface area contributed by atoms with Crippen molar-refractivity contribution >= 4 is 51.2 Å². The number of hydrogen-bond donors (Lipinski definition) is 2. The highest BCUT2D eigenvalue weighted by Crippen LogP contribution is 2.37. The Balaban J connectivity index is 0.836. The van der Waals surface area contributed by atoms with E-state index in [2.05, 4.69) is 46.8 Å². The van der Waals surface area contributed by atoms with Crippen molar-refractivity contribution in [1.29, 1.82) is 5.26 Å². The minimum Gasteiger partial charge on any atom is -0.381 e. The standard InChI is InChI=1S/C40H42N12O4S/c41-22-25-19-29-1-3-34(52(29)44-23-25)33-21-32(45-28-8-17-56-18-9-28)31(24-43-33)38-47-48-40(57-38)51-15-13-50(14-16-51)39(55)26-6-11-49(12-7-26)35-20-27(5-10-42-35)30-2-4-36(53)46-37(30)54/h1,3,5,10,19-21,23-24,26,28,30H,2,4,6-9,11-18H2,(H,43,45)(H,46,53,54)/t30-/m1/s1. The molecule has 0 spiro atoms. The van der Waals surface area contributed by atoms with Crippen LogP contribution in [0.3, 0.4) is 0 Å². The molecule has 5 aromatic heterocycles. The van der Waals surface area contributed by atoms with Crippen molar-refractivity contribution in [3.05, 3.63) is 66.1 Å². The second-order valence-corrected chi connectivity index (χ2v) is 15.9. The molecule has 17 heteroatoms. The zero-order chi connectivity index (χ0) is 38.9. The predicted octanol–water partition coefficient (Wildman–Crippen LogP) is 3.86. The van der Waals surface area contributed by atoms with E-state index in [1.165, 1.54) is 11.3 Å². The van der Waals surface area contributed by atoms with Gasteiger partial charge in [0, 0.05) is 88.9 Å². The van der Waals surface area contributed by atoms with Crippen LogP contribution >= 0.6 is 11.3 Å². The first-order chi connectivity index (χ1) is 27.9. The van der Waals surface area contributed by atoms with Crippen molar-refractivity contribution in [2.75, 3.05) is 67.6 Å². The zero-order valence-corrected chi connectivity index (χ0v) is 32.2. The molecule has 0 saturated carbocycles. The van der Waals surface area contributed by atoms with Crippen LogP contribution in [0.1, 0.15) is 55.6 Å². The van der Waals surface area contributed by atoms with Crippen molar-refractivity contribution in [3.8, 4) is 28.0 Å². The Labute approximate surface area is 332 Å². The molecule has 9 rings (SSSR count). The second kappa shape index (κ2) is 15.9. The molecule has 0 radical (unpaired) electrons. The second-order valence-electron chi connectivity index (χ2n) is 15.0. The van der Waals surface area contributed by atoms with E-state index in [9.17, 15) is 19.6 Å². The largest absolute Gasteiger partial charge is 0.381 e. The molecule has 5 aromatic rings. The summed E-state index contributed by atoms with van der Waals surface area (Å²) in [5, 5.41) is 30.8. The summed E-state index contributed by atoms with van der Waals surface area (Å²) in [4.78, 5) is 53.6. The molecule has 0 unspecified atom stereocenters. The Morgan fingerprint density at radius 1 is 0.912 bits per heavy atom. The third kappa shape index (κ3) is 7.62. The van der Waals surface area contributed by atoms with Crippen LogP contribution in [0.25, 0.3) is 27.5 Å². The average Bonchev–Trinajstić information content (AvgIpc) is 3.92. The van der Waals surface area contributed by atoms with E-state index in [-0.39, 0.29) is 35.6 Å². The molecular formula is C40H42N12O4S. The number of nitriles is 1. The highest BCUT2D eigenvalue weighted by molar-refractivity contribution is 7.18. The van der Waals surface area contributed by atoms with Gasteiger partial charge in [0.25, 0.3) is 0 Å². The Morgan fingerprint density at radius 2 is 1.74 bits per heavy atom. The monoisotopic (exact) mass is 786 g/mol. The summed E-state index contributed by atoms with van der Waals surface area (Å²) in [6, 6.07) is 13.9. The lowest BCUT2D eigenvalue weighted by atomic mass is 9.90. The number of piperidine rings is 2. The third-order valence-corrected chi connectivity index (χ3v) is 12.5. The maximum atomic E-state index is 13.7. The Morgan fingerprint density at radius 3 is 2.53 bits per heavy atom. The van der Waals surface area contributed by atoms with Crippen LogP contribution in [0.2, 0.25) is 0 Å². The topological polar surface area (TPSA) is 187 Å². The van der Waals surface area contributed by atoms with Gasteiger partial charge in [-0.25, -0.2) is 9.50 Å². The van der Waals surface area contributed by atoms with E-state index in [0.717, 1.165) is 75.4 Å². The Kier molecular flexibility index (Phi) is 10.2. The van der Waals surface area contributed by atoms with E-state index < -0.39 is 0 Å². The van der Waals surface area contributed by atoms with Crippen LogP contribution in [0, 0.1) is 17.2 Å². The van der Waals surface area contributed by atoms with Gasteiger partial charge in [-0.1, -0.05) is 11.3 Å². The van der Waals surface area contributed by atoms with Gasteiger partial charge in [0.1, 0.15) is 11.9 Å². The van der Waals surface area contributed by atoms with E-state index in [1.807, 2.05) is 47.5 Å². The summed E-state index contributed by atoms with van der Waals surface area (Å²) in [5.74, 6) is 0.112. The summed E-state index contributed by atoms with van der Waals surface area (Å²) in [7, 11) is 0. The average molecular weight is 787 g/mol. The number of nitrogens with one attached hydrogen (secondary N) is 2. The van der Waals surface area contributed by atoms with Crippen molar-refractivity contribution in [3.63, 3.8) is 0 Å². The first-order valence-electron chi connectivity index (χ1n) is 19.5. The summed E-state index contributed by atoms with van der Waals surface area (Å²) >= 11 is 1.52. The van der Waals surface area contributed by atoms with Crippen molar-refractivity contribution in [2.45, 2.75) is 50.5 Å². The number of carbonyl (C=O) groups is 3. The summed E-state index contributed by atoms with van der Waals surface area (Å²) in [6.45, 7) is 5.40. The molecule has 0 bridgehead atoms. The highest BCUT2D eigenvalue weighted by atomic mass is 32.1. The number of imide groups is 1. The molecule has 1 atom stereocenters. The van der Waals surface area contributed by atoms with Crippen molar-refractivity contribution in [2.24, 2.45) is 5.92 Å². The number of anilines is 3. The highest BCUT2D eigenvalue weighted by Gasteiger charge is 2.33.